The number of nitrogens with two attached hydrogens (primary N) is 1. The topological polar surface area (TPSA) is 64.7 Å². The van der Waals surface area contributed by atoms with Crippen LogP contribution in [0.1, 0.15) is 17.7 Å². The number of allylic oxidation sites excluding steroid dienone is 4. The maximum Gasteiger partial charge on any atom is 0.153 e. The van der Waals surface area contributed by atoms with Crippen molar-refractivity contribution in [3.8, 4) is 0 Å². The Morgan fingerprint density at radius 3 is 2.88 bits per heavy atom. The summed E-state index contributed by atoms with van der Waals surface area (Å²) < 4.78 is 13.6. The predicted octanol–water partition coefficient (Wildman–Crippen LogP) is 4.52. The molecule has 0 bridgehead atoms. The van der Waals surface area contributed by atoms with E-state index in [2.05, 4.69) is 22.1 Å². The molecule has 2 unspecified atom stereocenters. The summed E-state index contributed by atoms with van der Waals surface area (Å²) in [6.45, 7) is 0. The van der Waals surface area contributed by atoms with Crippen molar-refractivity contribution in [1.82, 2.24) is 15.0 Å². The molecule has 2 aliphatic carbocycles. The smallest absolute Gasteiger partial charge is 0.153 e. The molecule has 4 nitrogen and oxygen atoms in total. The maximum atomic E-state index is 13.6. The molecule has 2 aromatic heterocycles. The molecule has 26 heavy (non-hydrogen) atoms. The summed E-state index contributed by atoms with van der Waals surface area (Å²) in [4.78, 5) is 12.9. The molecule has 0 saturated heterocycles. The van der Waals surface area contributed by atoms with Crippen molar-refractivity contribution in [2.75, 3.05) is 5.73 Å². The average Bonchev–Trinajstić information content (AvgIpc) is 3.43. The van der Waals surface area contributed by atoms with Gasteiger partial charge in [-0.3, -0.25) is 0 Å². The van der Waals surface area contributed by atoms with Gasteiger partial charge in [-0.05, 0) is 53.7 Å². The third-order valence-electron chi connectivity index (χ3n) is 5.03. The summed E-state index contributed by atoms with van der Waals surface area (Å²) in [5, 5.41) is 0.130. The van der Waals surface area contributed by atoms with Gasteiger partial charge in [-0.15, -0.1) is 0 Å². The van der Waals surface area contributed by atoms with Crippen molar-refractivity contribution in [1.29, 1.82) is 0 Å². The Morgan fingerprint density at radius 1 is 1.15 bits per heavy atom. The van der Waals surface area contributed by atoms with Gasteiger partial charge in [-0.25, -0.2) is 19.3 Å². The molecular weight excluding hydrogens is 351 g/mol. The highest BCUT2D eigenvalue weighted by Crippen LogP contribution is 2.54. The number of benzene rings is 1. The number of nitrogen functional groups attached to an aromatic ring is 1. The fourth-order valence-electron chi connectivity index (χ4n) is 3.63. The van der Waals surface area contributed by atoms with E-state index < -0.39 is 5.82 Å². The van der Waals surface area contributed by atoms with Gasteiger partial charge in [-0.2, -0.15) is 0 Å². The first-order valence-electron chi connectivity index (χ1n) is 8.37. The Labute approximate surface area is 154 Å². The average molecular weight is 365 g/mol. The minimum absolute atomic E-state index is 0.130. The van der Waals surface area contributed by atoms with Crippen molar-refractivity contribution in [3.05, 3.63) is 70.9 Å². The molecule has 0 amide bonds. The van der Waals surface area contributed by atoms with Crippen LogP contribution in [0.5, 0.6) is 0 Å². The van der Waals surface area contributed by atoms with Crippen LogP contribution < -0.4 is 5.73 Å². The first kappa shape index (κ1) is 15.5. The lowest BCUT2D eigenvalue weighted by molar-refractivity contribution is 0.628. The maximum absolute atomic E-state index is 13.6. The highest BCUT2D eigenvalue weighted by Gasteiger charge is 2.42. The summed E-state index contributed by atoms with van der Waals surface area (Å²) in [6, 6.07) is 8.72. The third kappa shape index (κ3) is 2.39. The van der Waals surface area contributed by atoms with E-state index in [0.29, 0.717) is 28.7 Å². The molecule has 5 rings (SSSR count). The van der Waals surface area contributed by atoms with Crippen LogP contribution in [0.15, 0.2) is 48.8 Å². The molecule has 2 atom stereocenters. The van der Waals surface area contributed by atoms with Gasteiger partial charge < -0.3 is 5.73 Å². The molecule has 0 radical (unpaired) electrons. The van der Waals surface area contributed by atoms with Crippen LogP contribution in [0.25, 0.3) is 22.2 Å². The van der Waals surface area contributed by atoms with Crippen LogP contribution in [-0.4, -0.2) is 15.0 Å². The van der Waals surface area contributed by atoms with E-state index in [1.54, 1.807) is 12.1 Å². The van der Waals surface area contributed by atoms with Crippen LogP contribution in [0.3, 0.4) is 0 Å². The molecule has 0 aliphatic heterocycles. The molecule has 1 saturated carbocycles. The third-order valence-corrected chi connectivity index (χ3v) is 5.32. The number of hydrogen-bond donors (Lipinski definition) is 1. The number of anilines is 1. The van der Waals surface area contributed by atoms with Crippen molar-refractivity contribution >= 4 is 39.6 Å². The zero-order chi connectivity index (χ0) is 17.8. The molecule has 128 valence electrons. The van der Waals surface area contributed by atoms with Gasteiger partial charge >= 0.3 is 0 Å². The number of pyridine rings is 1. The first-order chi connectivity index (χ1) is 12.6. The standard InChI is InChI=1S/C20H14ClFN4/c21-14-8-11(2-4-15(14)22)18-12(3-1-10-7-13(10)18)16-5-6-17-19(26-16)20(23)25-9-24-17/h1-6,8-10,13H,7H2,(H2,23,24,25). The fourth-order valence-corrected chi connectivity index (χ4v) is 3.81. The van der Waals surface area contributed by atoms with Crippen LogP contribution in [0.2, 0.25) is 5.02 Å². The van der Waals surface area contributed by atoms with Gasteiger partial charge in [0.05, 0.1) is 16.2 Å². The van der Waals surface area contributed by atoms with E-state index in [4.69, 9.17) is 22.3 Å². The number of nitrogens with zero attached hydrogens (tertiary/aromatic N) is 3. The zero-order valence-corrected chi connectivity index (χ0v) is 14.4. The Kier molecular flexibility index (Phi) is 3.34. The second-order valence-electron chi connectivity index (χ2n) is 6.64. The van der Waals surface area contributed by atoms with Gasteiger partial charge in [0, 0.05) is 5.57 Å². The molecular formula is C20H14ClFN4. The number of aromatic nitrogens is 3. The molecule has 0 spiro atoms. The highest BCUT2D eigenvalue weighted by atomic mass is 35.5. The Hall–Kier alpha value is -2.79. The van der Waals surface area contributed by atoms with Crippen molar-refractivity contribution in [2.24, 2.45) is 11.8 Å². The molecule has 2 aliphatic rings. The summed E-state index contributed by atoms with van der Waals surface area (Å²) in [7, 11) is 0. The van der Waals surface area contributed by atoms with E-state index in [9.17, 15) is 4.39 Å². The van der Waals surface area contributed by atoms with Gasteiger partial charge in [-0.1, -0.05) is 29.8 Å². The first-order valence-corrected chi connectivity index (χ1v) is 8.75. The summed E-state index contributed by atoms with van der Waals surface area (Å²) >= 11 is 6.02. The van der Waals surface area contributed by atoms with E-state index in [-0.39, 0.29) is 5.02 Å². The quantitative estimate of drug-likeness (QED) is 0.726. The summed E-state index contributed by atoms with van der Waals surface area (Å²) in [6.07, 6.45) is 6.82. The Morgan fingerprint density at radius 2 is 2.04 bits per heavy atom. The van der Waals surface area contributed by atoms with Gasteiger partial charge in [0.15, 0.2) is 5.82 Å². The highest BCUT2D eigenvalue weighted by molar-refractivity contribution is 6.31. The van der Waals surface area contributed by atoms with Crippen LogP contribution in [0.4, 0.5) is 10.2 Å². The summed E-state index contributed by atoms with van der Waals surface area (Å²) in [5.41, 5.74) is 11.2. The lowest BCUT2D eigenvalue weighted by Crippen LogP contribution is -2.02. The number of halogens is 2. The Balaban J connectivity index is 1.73. The molecule has 1 fully saturated rings. The van der Waals surface area contributed by atoms with E-state index >= 15 is 0 Å². The molecule has 2 N–H and O–H groups in total. The van der Waals surface area contributed by atoms with Gasteiger partial charge in [0.25, 0.3) is 0 Å². The van der Waals surface area contributed by atoms with Gasteiger partial charge in [0.2, 0.25) is 0 Å². The fraction of sp³-hybridized carbons (Fsp3) is 0.150. The van der Waals surface area contributed by atoms with Crippen LogP contribution >= 0.6 is 11.6 Å². The number of rotatable bonds is 2. The van der Waals surface area contributed by atoms with E-state index in [1.807, 2.05) is 12.1 Å². The monoisotopic (exact) mass is 364 g/mol. The minimum Gasteiger partial charge on any atom is -0.382 e. The lowest BCUT2D eigenvalue weighted by Gasteiger charge is -2.17. The zero-order valence-electron chi connectivity index (χ0n) is 13.7. The second-order valence-corrected chi connectivity index (χ2v) is 7.05. The van der Waals surface area contributed by atoms with Crippen molar-refractivity contribution < 1.29 is 4.39 Å². The van der Waals surface area contributed by atoms with Crippen LogP contribution in [0, 0.1) is 17.7 Å². The molecule has 2 heterocycles. The minimum atomic E-state index is -0.412. The second kappa shape index (κ2) is 5.61. The lowest BCUT2D eigenvalue weighted by atomic mass is 9.89. The van der Waals surface area contributed by atoms with Crippen molar-refractivity contribution in [3.63, 3.8) is 0 Å². The normalized spacial score (nSPS) is 21.2. The summed E-state index contributed by atoms with van der Waals surface area (Å²) in [5.74, 6) is 0.891. The number of fused-ring (bicyclic) bond motifs is 2. The molecule has 6 heteroatoms. The Bertz CT molecular complexity index is 1120. The largest absolute Gasteiger partial charge is 0.382 e. The number of hydrogen-bond acceptors (Lipinski definition) is 4. The van der Waals surface area contributed by atoms with Crippen molar-refractivity contribution in [2.45, 2.75) is 6.42 Å². The van der Waals surface area contributed by atoms with Crippen LogP contribution in [-0.2, 0) is 0 Å². The van der Waals surface area contributed by atoms with E-state index in [0.717, 1.165) is 28.8 Å². The predicted molar refractivity (Wildman–Crippen MR) is 101 cm³/mol. The molecule has 1 aromatic carbocycles. The van der Waals surface area contributed by atoms with Gasteiger partial charge in [0.1, 0.15) is 17.7 Å². The SMILES string of the molecule is Nc1ncnc2ccc(C3=C(c4ccc(F)c(Cl)c4)C4CC4C=C3)nc12. The van der Waals surface area contributed by atoms with E-state index in [1.165, 1.54) is 12.4 Å². The molecule has 3 aromatic rings.